The Bertz CT molecular complexity index is 654. The first kappa shape index (κ1) is 17.5. The van der Waals surface area contributed by atoms with Crippen LogP contribution in [0.2, 0.25) is 0 Å². The summed E-state index contributed by atoms with van der Waals surface area (Å²) in [7, 11) is 0. The van der Waals surface area contributed by atoms with Gasteiger partial charge in [-0.15, -0.1) is 28.7 Å². The van der Waals surface area contributed by atoms with Gasteiger partial charge < -0.3 is 4.57 Å². The van der Waals surface area contributed by atoms with Crippen molar-refractivity contribution in [2.24, 2.45) is 0 Å². The van der Waals surface area contributed by atoms with Gasteiger partial charge >= 0.3 is 0 Å². The van der Waals surface area contributed by atoms with Crippen LogP contribution in [-0.2, 0) is 39.3 Å². The van der Waals surface area contributed by atoms with Crippen LogP contribution in [0.25, 0.3) is 11.3 Å². The number of benzene rings is 1. The van der Waals surface area contributed by atoms with Gasteiger partial charge in [0.1, 0.15) is 0 Å². The van der Waals surface area contributed by atoms with Crippen LogP contribution >= 0.6 is 38.5 Å². The van der Waals surface area contributed by atoms with E-state index in [2.05, 4.69) is 44.6 Å². The Labute approximate surface area is 160 Å². The van der Waals surface area contributed by atoms with Crippen molar-refractivity contribution in [3.8, 4) is 11.3 Å². The quantitative estimate of drug-likeness (QED) is 0.446. The molecule has 0 N–H and O–H groups in total. The Morgan fingerprint density at radius 1 is 1.42 bits per heavy atom. The largest absolute Gasteiger partial charge is 0.342 e. The van der Waals surface area contributed by atoms with E-state index < -0.39 is 0 Å². The molecule has 2 rings (SSSR count). The van der Waals surface area contributed by atoms with E-state index in [1.165, 1.54) is 0 Å². The molecule has 0 aliphatic heterocycles. The Balaban J connectivity index is 0.00000180. The Morgan fingerprint density at radius 3 is 2.68 bits per heavy atom. The van der Waals surface area contributed by atoms with Crippen molar-refractivity contribution in [2.75, 3.05) is 0 Å². The number of pyridine rings is 1. The first-order valence-corrected chi connectivity index (χ1v) is 7.49. The monoisotopic (exact) mass is 505 g/mol. The smallest absolute Gasteiger partial charge is 0.207 e. The molecule has 0 aliphatic rings. The van der Waals surface area contributed by atoms with Gasteiger partial charge in [0, 0.05) is 43.7 Å². The van der Waals surface area contributed by atoms with Gasteiger partial charge in [-0.2, -0.15) is 12.1 Å². The number of halogens is 2. The molecule has 5 heteroatoms. The molecule has 2 nitrogen and oxygen atoms in total. The summed E-state index contributed by atoms with van der Waals surface area (Å²) in [6, 6.07) is 11.0. The zero-order chi connectivity index (χ0) is 13.3. The van der Waals surface area contributed by atoms with Crippen molar-refractivity contribution < 1.29 is 32.7 Å². The fourth-order valence-electron chi connectivity index (χ4n) is 1.92. The maximum Gasteiger partial charge on any atom is 0.207 e. The van der Waals surface area contributed by atoms with Crippen molar-refractivity contribution in [1.29, 1.82) is 0 Å². The van der Waals surface area contributed by atoms with Crippen molar-refractivity contribution in [1.82, 2.24) is 4.57 Å². The van der Waals surface area contributed by atoms with Crippen molar-refractivity contribution in [3.05, 3.63) is 54.3 Å². The van der Waals surface area contributed by atoms with E-state index in [1.807, 2.05) is 32.0 Å². The molecule has 97 valence electrons. The molecule has 0 amide bonds. The summed E-state index contributed by atoms with van der Waals surface area (Å²) in [5.74, 6) is 0. The zero-order valence-electron chi connectivity index (χ0n) is 10.7. The van der Waals surface area contributed by atoms with Crippen molar-refractivity contribution in [3.63, 3.8) is 0 Å². The molecule has 0 atom stereocenters. The molecular weight excluding hydrogens is 494 g/mol. The predicted octanol–water partition coefficient (Wildman–Crippen LogP) is 4.01. The molecule has 1 aromatic heterocycles. The number of aryl methyl sites for hydroxylation is 1. The molecule has 0 bridgehead atoms. The summed E-state index contributed by atoms with van der Waals surface area (Å²) in [6.07, 6.45) is 0. The summed E-state index contributed by atoms with van der Waals surface area (Å²) in [6.45, 7) is 4.66. The van der Waals surface area contributed by atoms with Gasteiger partial charge in [0.05, 0.1) is 0 Å². The van der Waals surface area contributed by atoms with Crippen molar-refractivity contribution in [2.45, 2.75) is 20.4 Å². The number of nitrogens with zero attached hydrogens (tertiary/aromatic N) is 1. The second-order valence-electron chi connectivity index (χ2n) is 3.99. The second-order valence-corrected chi connectivity index (χ2v) is 6.07. The molecule has 1 radical (unpaired) electrons. The van der Waals surface area contributed by atoms with Crippen LogP contribution < -0.4 is 5.56 Å². The first-order chi connectivity index (χ1) is 8.54. The van der Waals surface area contributed by atoms with Gasteiger partial charge in [0.25, 0.3) is 0 Å². The number of aromatic nitrogens is 1. The van der Waals surface area contributed by atoms with E-state index in [9.17, 15) is 4.79 Å². The summed E-state index contributed by atoms with van der Waals surface area (Å²) in [4.78, 5) is 12.1. The standard InChI is InChI=1S/C14H12BrINO.Y/c1-3-17-13(7-6-12(16)14(17)18)11-5-4-10(15)8-9(11)2;/h4-6,8H,3H2,1-2H3;/q-1;. The third-order valence-electron chi connectivity index (χ3n) is 2.81. The number of hydrogen-bond acceptors (Lipinski definition) is 1. The number of rotatable bonds is 2. The predicted molar refractivity (Wildman–Crippen MR) is 85.8 cm³/mol. The molecule has 1 aromatic carbocycles. The Hall–Kier alpha value is 0.484. The fourth-order valence-corrected chi connectivity index (χ4v) is 2.84. The summed E-state index contributed by atoms with van der Waals surface area (Å²) in [5.41, 5.74) is 3.08. The molecule has 19 heavy (non-hydrogen) atoms. The average molecular weight is 506 g/mol. The third-order valence-corrected chi connectivity index (χ3v) is 4.08. The van der Waals surface area contributed by atoms with Gasteiger partial charge in [-0.25, -0.2) is 0 Å². The summed E-state index contributed by atoms with van der Waals surface area (Å²) >= 11 is 5.50. The van der Waals surface area contributed by atoms with Gasteiger partial charge in [0.2, 0.25) is 5.56 Å². The van der Waals surface area contributed by atoms with E-state index in [0.717, 1.165) is 21.3 Å². The minimum atomic E-state index is 0. The van der Waals surface area contributed by atoms with Gasteiger partial charge in [-0.3, -0.25) is 4.79 Å². The minimum absolute atomic E-state index is 0. The number of hydrogen-bond donors (Lipinski definition) is 0. The molecular formula is C14H12BrINOY-. The van der Waals surface area contributed by atoms with Crippen LogP contribution in [0.1, 0.15) is 12.5 Å². The maximum atomic E-state index is 12.1. The zero-order valence-corrected chi connectivity index (χ0v) is 17.3. The normalized spacial score (nSPS) is 10.1. The van der Waals surface area contributed by atoms with Gasteiger partial charge in [-0.1, -0.05) is 51.8 Å². The summed E-state index contributed by atoms with van der Waals surface area (Å²) in [5, 5.41) is 0. The van der Waals surface area contributed by atoms with E-state index in [0.29, 0.717) is 10.1 Å². The van der Waals surface area contributed by atoms with Gasteiger partial charge in [-0.05, 0) is 10.5 Å². The average Bonchev–Trinajstić information content (AvgIpc) is 2.33. The third kappa shape index (κ3) is 3.77. The SMILES string of the molecule is CCn1c(-c2ccc(Br)cc2C)[c-]cc(I)c1=O.[Y]. The Kier molecular flexibility index (Phi) is 6.90. The molecule has 0 fully saturated rings. The maximum absolute atomic E-state index is 12.1. The van der Waals surface area contributed by atoms with E-state index in [1.54, 1.807) is 10.6 Å². The van der Waals surface area contributed by atoms with E-state index in [4.69, 9.17) is 0 Å². The van der Waals surface area contributed by atoms with Crippen LogP contribution in [0.15, 0.2) is 33.5 Å². The fraction of sp³-hybridized carbons (Fsp3) is 0.214. The molecule has 0 saturated carbocycles. The summed E-state index contributed by atoms with van der Waals surface area (Å²) < 4.78 is 3.51. The molecule has 2 aromatic rings. The van der Waals surface area contributed by atoms with Crippen molar-refractivity contribution >= 4 is 38.5 Å². The molecule has 0 spiro atoms. The van der Waals surface area contributed by atoms with Gasteiger partial charge in [0.15, 0.2) is 0 Å². The van der Waals surface area contributed by atoms with Crippen LogP contribution in [-0.4, -0.2) is 4.57 Å². The van der Waals surface area contributed by atoms with E-state index in [-0.39, 0.29) is 38.3 Å². The van der Waals surface area contributed by atoms with Crippen LogP contribution in [0, 0.1) is 16.6 Å². The topological polar surface area (TPSA) is 22.0 Å². The Morgan fingerprint density at radius 2 is 2.11 bits per heavy atom. The second kappa shape index (κ2) is 7.48. The molecule has 0 aliphatic carbocycles. The van der Waals surface area contributed by atoms with Crippen LogP contribution in [0.4, 0.5) is 0 Å². The molecule has 0 unspecified atom stereocenters. The molecule has 0 saturated heterocycles. The minimum Gasteiger partial charge on any atom is -0.342 e. The molecule has 1 heterocycles. The van der Waals surface area contributed by atoms with Crippen LogP contribution in [0.3, 0.4) is 0 Å². The first-order valence-electron chi connectivity index (χ1n) is 5.62. The van der Waals surface area contributed by atoms with E-state index >= 15 is 0 Å². The van der Waals surface area contributed by atoms with Crippen LogP contribution in [0.5, 0.6) is 0 Å².